The van der Waals surface area contributed by atoms with Crippen LogP contribution in [0.3, 0.4) is 0 Å². The van der Waals surface area contributed by atoms with Gasteiger partial charge in [0.15, 0.2) is 0 Å². The van der Waals surface area contributed by atoms with Gasteiger partial charge in [-0.05, 0) is 111 Å². The van der Waals surface area contributed by atoms with Gasteiger partial charge in [-0.25, -0.2) is 4.39 Å². The summed E-state index contributed by atoms with van der Waals surface area (Å²) in [7, 11) is 0. The molecule has 7 heteroatoms. The third kappa shape index (κ3) is 6.17. The van der Waals surface area contributed by atoms with Crippen LogP contribution in [0.25, 0.3) is 6.08 Å². The van der Waals surface area contributed by atoms with Gasteiger partial charge in [0.25, 0.3) is 5.91 Å². The largest absolute Gasteiger partial charge is 0.487 e. The van der Waals surface area contributed by atoms with Crippen molar-refractivity contribution in [3.8, 4) is 11.8 Å². The molecule has 3 rings (SSSR count). The lowest BCUT2D eigenvalue weighted by atomic mass is 10.1. The van der Waals surface area contributed by atoms with Crippen molar-refractivity contribution in [3.63, 3.8) is 0 Å². The monoisotopic (exact) mass is 604 g/mol. The van der Waals surface area contributed by atoms with E-state index in [4.69, 9.17) is 4.74 Å². The molecule has 162 valence electrons. The number of hydrogen-bond acceptors (Lipinski definition) is 3. The Hall–Kier alpha value is -2.70. The second-order valence-corrected chi connectivity index (χ2v) is 9.19. The number of nitriles is 1. The molecule has 0 heterocycles. The van der Waals surface area contributed by atoms with Crippen LogP contribution in [-0.4, -0.2) is 5.91 Å². The average Bonchev–Trinajstić information content (AvgIpc) is 2.75. The Bertz CT molecular complexity index is 1210. The average molecular weight is 605 g/mol. The fourth-order valence-corrected chi connectivity index (χ4v) is 4.68. The molecule has 1 amide bonds. The molecule has 0 fully saturated rings. The van der Waals surface area contributed by atoms with Gasteiger partial charge in [0.05, 0.1) is 8.04 Å². The van der Waals surface area contributed by atoms with Crippen LogP contribution >= 0.6 is 38.5 Å². The third-order valence-electron chi connectivity index (χ3n) is 4.63. The fraction of sp³-hybridized carbons (Fsp3) is 0.120. The molecule has 0 radical (unpaired) electrons. The van der Waals surface area contributed by atoms with Crippen LogP contribution in [0.5, 0.6) is 5.75 Å². The SMILES string of the molecule is Cc1ccc(C)c(NC(=O)/C(C#N)=C/c2cc(Br)c(OCc3ccc(F)cc3)c(I)c2)c1. The van der Waals surface area contributed by atoms with Crippen molar-refractivity contribution >= 4 is 56.2 Å². The van der Waals surface area contributed by atoms with Crippen LogP contribution in [0.2, 0.25) is 0 Å². The summed E-state index contributed by atoms with van der Waals surface area (Å²) in [4.78, 5) is 12.7. The van der Waals surface area contributed by atoms with Gasteiger partial charge in [-0.15, -0.1) is 0 Å². The molecule has 1 N–H and O–H groups in total. The van der Waals surface area contributed by atoms with Crippen LogP contribution in [0.15, 0.2) is 64.6 Å². The number of nitrogens with one attached hydrogen (secondary N) is 1. The molecule has 4 nitrogen and oxygen atoms in total. The van der Waals surface area contributed by atoms with Crippen molar-refractivity contribution in [1.82, 2.24) is 0 Å². The molecule has 0 aliphatic rings. The summed E-state index contributed by atoms with van der Waals surface area (Å²) in [5.74, 6) is -0.134. The predicted molar refractivity (Wildman–Crippen MR) is 136 cm³/mol. The number of benzene rings is 3. The summed E-state index contributed by atoms with van der Waals surface area (Å²) in [6.07, 6.45) is 1.54. The van der Waals surface area contributed by atoms with Crippen molar-refractivity contribution in [1.29, 1.82) is 5.26 Å². The quantitative estimate of drug-likeness (QED) is 0.188. The maximum absolute atomic E-state index is 13.1. The van der Waals surface area contributed by atoms with E-state index in [9.17, 15) is 14.4 Å². The minimum Gasteiger partial charge on any atom is -0.487 e. The summed E-state index contributed by atoms with van der Waals surface area (Å²) < 4.78 is 20.4. The summed E-state index contributed by atoms with van der Waals surface area (Å²) in [6.45, 7) is 4.12. The Morgan fingerprint density at radius 1 is 1.19 bits per heavy atom. The van der Waals surface area contributed by atoms with Crippen molar-refractivity contribution in [2.75, 3.05) is 5.32 Å². The number of ether oxygens (including phenoxy) is 1. The number of anilines is 1. The zero-order chi connectivity index (χ0) is 23.3. The molecule has 0 unspecified atom stereocenters. The Kier molecular flexibility index (Phi) is 8.04. The molecule has 3 aromatic rings. The lowest BCUT2D eigenvalue weighted by Crippen LogP contribution is -2.14. The highest BCUT2D eigenvalue weighted by atomic mass is 127. The second-order valence-electron chi connectivity index (χ2n) is 7.17. The van der Waals surface area contributed by atoms with Gasteiger partial charge in [0.2, 0.25) is 0 Å². The summed E-state index contributed by atoms with van der Waals surface area (Å²) in [5, 5.41) is 12.3. The van der Waals surface area contributed by atoms with Gasteiger partial charge in [0, 0.05) is 5.69 Å². The number of carbonyl (C=O) groups is 1. The Morgan fingerprint density at radius 2 is 1.91 bits per heavy atom. The number of halogens is 3. The second kappa shape index (κ2) is 10.7. The lowest BCUT2D eigenvalue weighted by Gasteiger charge is -2.12. The van der Waals surface area contributed by atoms with Crippen molar-refractivity contribution in [2.24, 2.45) is 0 Å². The predicted octanol–water partition coefficient (Wildman–Crippen LogP) is 6.93. The van der Waals surface area contributed by atoms with E-state index < -0.39 is 5.91 Å². The normalized spacial score (nSPS) is 11.1. The van der Waals surface area contributed by atoms with Gasteiger partial charge >= 0.3 is 0 Å². The first-order valence-electron chi connectivity index (χ1n) is 9.63. The van der Waals surface area contributed by atoms with E-state index in [1.54, 1.807) is 18.2 Å². The molecule has 0 atom stereocenters. The van der Waals surface area contributed by atoms with Gasteiger partial charge in [0.1, 0.15) is 29.8 Å². The smallest absolute Gasteiger partial charge is 0.266 e. The number of nitrogens with zero attached hydrogens (tertiary/aromatic N) is 1. The lowest BCUT2D eigenvalue weighted by molar-refractivity contribution is -0.112. The molecule has 32 heavy (non-hydrogen) atoms. The van der Waals surface area contributed by atoms with E-state index in [0.29, 0.717) is 21.5 Å². The first-order valence-corrected chi connectivity index (χ1v) is 11.5. The molecular weight excluding hydrogens is 586 g/mol. The molecule has 0 aromatic heterocycles. The Labute approximate surface area is 208 Å². The van der Waals surface area contributed by atoms with Crippen LogP contribution < -0.4 is 10.1 Å². The molecule has 0 saturated carbocycles. The fourth-order valence-electron chi connectivity index (χ4n) is 2.91. The topological polar surface area (TPSA) is 62.1 Å². The summed E-state index contributed by atoms with van der Waals surface area (Å²) >= 11 is 5.64. The standard InChI is InChI=1S/C25H19BrFIN2O2/c1-15-3-4-16(2)23(9-15)30-25(31)19(13-29)10-18-11-21(26)24(22(28)12-18)32-14-17-5-7-20(27)8-6-17/h3-12H,14H2,1-2H3,(H,30,31)/b19-10+. The third-order valence-corrected chi connectivity index (χ3v) is 6.02. The number of aryl methyl sites for hydroxylation is 2. The number of amides is 1. The van der Waals surface area contributed by atoms with E-state index in [0.717, 1.165) is 20.3 Å². The molecule has 0 spiro atoms. The molecule has 0 aliphatic heterocycles. The van der Waals surface area contributed by atoms with Crippen molar-refractivity contribution < 1.29 is 13.9 Å². The van der Waals surface area contributed by atoms with E-state index >= 15 is 0 Å². The van der Waals surface area contributed by atoms with Gasteiger partial charge in [-0.3, -0.25) is 4.79 Å². The minimum absolute atomic E-state index is 0.00594. The van der Waals surface area contributed by atoms with Crippen LogP contribution in [0.1, 0.15) is 22.3 Å². The molecular formula is C25H19BrFIN2O2. The van der Waals surface area contributed by atoms with Crippen LogP contribution in [0, 0.1) is 34.6 Å². The Morgan fingerprint density at radius 3 is 2.56 bits per heavy atom. The van der Waals surface area contributed by atoms with Gasteiger partial charge in [-0.1, -0.05) is 24.3 Å². The first kappa shape index (κ1) is 24.0. The van der Waals surface area contributed by atoms with Crippen molar-refractivity contribution in [3.05, 3.63) is 96.3 Å². The maximum atomic E-state index is 13.1. The number of hydrogen-bond donors (Lipinski definition) is 1. The zero-order valence-electron chi connectivity index (χ0n) is 17.4. The number of carbonyl (C=O) groups excluding carboxylic acids is 1. The highest BCUT2D eigenvalue weighted by Crippen LogP contribution is 2.33. The van der Waals surface area contributed by atoms with Gasteiger partial charge in [-0.2, -0.15) is 5.26 Å². The molecule has 0 saturated heterocycles. The molecule has 0 bridgehead atoms. The minimum atomic E-state index is -0.469. The molecule has 3 aromatic carbocycles. The van der Waals surface area contributed by atoms with Gasteiger partial charge < -0.3 is 10.1 Å². The highest BCUT2D eigenvalue weighted by molar-refractivity contribution is 14.1. The summed E-state index contributed by atoms with van der Waals surface area (Å²) in [6, 6.07) is 17.5. The molecule has 0 aliphatic carbocycles. The zero-order valence-corrected chi connectivity index (χ0v) is 21.1. The highest BCUT2D eigenvalue weighted by Gasteiger charge is 2.14. The van der Waals surface area contributed by atoms with Crippen LogP contribution in [0.4, 0.5) is 10.1 Å². The van der Waals surface area contributed by atoms with Crippen LogP contribution in [-0.2, 0) is 11.4 Å². The maximum Gasteiger partial charge on any atom is 0.266 e. The summed E-state index contributed by atoms with van der Waals surface area (Å²) in [5.41, 5.74) is 4.13. The van der Waals surface area contributed by atoms with E-state index in [1.807, 2.05) is 44.2 Å². The first-order chi connectivity index (χ1) is 15.3. The number of rotatable bonds is 6. The Balaban J connectivity index is 1.78. The van der Waals surface area contributed by atoms with E-state index in [-0.39, 0.29) is 18.0 Å². The van der Waals surface area contributed by atoms with E-state index in [2.05, 4.69) is 43.8 Å². The van der Waals surface area contributed by atoms with E-state index in [1.165, 1.54) is 18.2 Å². The van der Waals surface area contributed by atoms with Crippen molar-refractivity contribution in [2.45, 2.75) is 20.5 Å².